The molecule has 2 rings (SSSR count). The Morgan fingerprint density at radius 2 is 2.39 bits per heavy atom. The molecule has 100 valence electrons. The molecule has 0 aromatic carbocycles. The van der Waals surface area contributed by atoms with E-state index in [0.29, 0.717) is 16.7 Å². The van der Waals surface area contributed by atoms with E-state index in [2.05, 4.69) is 20.8 Å². The third kappa shape index (κ3) is 3.17. The second kappa shape index (κ2) is 5.62. The summed E-state index contributed by atoms with van der Waals surface area (Å²) in [6, 6.07) is 0. The Morgan fingerprint density at radius 3 is 3.06 bits per heavy atom. The summed E-state index contributed by atoms with van der Waals surface area (Å²) < 4.78 is 5.41. The molecule has 1 unspecified atom stereocenters. The van der Waals surface area contributed by atoms with E-state index < -0.39 is 0 Å². The summed E-state index contributed by atoms with van der Waals surface area (Å²) in [6.45, 7) is 6.06. The number of rotatable bonds is 4. The fourth-order valence-electron chi connectivity index (χ4n) is 1.90. The predicted molar refractivity (Wildman–Crippen MR) is 70.0 cm³/mol. The van der Waals surface area contributed by atoms with Gasteiger partial charge < -0.3 is 15.4 Å². The average Bonchev–Trinajstić information content (AvgIpc) is 2.78. The lowest BCUT2D eigenvalue weighted by atomic mass is 9.95. The molecule has 0 aliphatic carbocycles. The van der Waals surface area contributed by atoms with E-state index in [4.69, 9.17) is 4.74 Å². The second-order valence-corrected chi connectivity index (χ2v) is 5.59. The molecule has 6 nitrogen and oxygen atoms in total. The molecule has 7 heteroatoms. The standard InChI is InChI=1S/C11H18N4O2S/c1-3-12-10-15-14-9(18-10)8(16)13-11(2)5-4-6-17-7-11/h3-7H2,1-2H3,(H,12,15)(H,13,16). The van der Waals surface area contributed by atoms with Crippen LogP contribution in [0.1, 0.15) is 36.5 Å². The molecule has 2 N–H and O–H groups in total. The van der Waals surface area contributed by atoms with E-state index in [9.17, 15) is 4.79 Å². The average molecular weight is 270 g/mol. The summed E-state index contributed by atoms with van der Waals surface area (Å²) in [5.74, 6) is -0.176. The normalized spacial score (nSPS) is 23.7. The van der Waals surface area contributed by atoms with E-state index in [1.807, 2.05) is 13.8 Å². The van der Waals surface area contributed by atoms with E-state index in [1.165, 1.54) is 11.3 Å². The number of nitrogens with one attached hydrogen (secondary N) is 2. The summed E-state index contributed by atoms with van der Waals surface area (Å²) in [5.41, 5.74) is -0.292. The van der Waals surface area contributed by atoms with Gasteiger partial charge in [0.25, 0.3) is 5.91 Å². The fourth-order valence-corrected chi connectivity index (χ4v) is 2.60. The zero-order valence-corrected chi connectivity index (χ0v) is 11.5. The number of amides is 1. The fraction of sp³-hybridized carbons (Fsp3) is 0.727. The summed E-state index contributed by atoms with van der Waals surface area (Å²) in [4.78, 5) is 12.0. The van der Waals surface area contributed by atoms with Crippen LogP contribution < -0.4 is 10.6 Å². The van der Waals surface area contributed by atoms with Gasteiger partial charge in [-0.2, -0.15) is 0 Å². The molecule has 0 saturated carbocycles. The van der Waals surface area contributed by atoms with Crippen molar-refractivity contribution in [3.8, 4) is 0 Å². The van der Waals surface area contributed by atoms with Crippen LogP contribution in [-0.4, -0.2) is 41.4 Å². The van der Waals surface area contributed by atoms with Crippen molar-refractivity contribution < 1.29 is 9.53 Å². The van der Waals surface area contributed by atoms with Crippen LogP contribution in [0.25, 0.3) is 0 Å². The number of carbonyl (C=O) groups excluding carboxylic acids is 1. The van der Waals surface area contributed by atoms with E-state index in [0.717, 1.165) is 26.0 Å². The maximum Gasteiger partial charge on any atom is 0.282 e. The second-order valence-electron chi connectivity index (χ2n) is 4.61. The Hall–Kier alpha value is -1.21. The number of anilines is 1. The molecule has 1 aliphatic rings. The highest BCUT2D eigenvalue weighted by Crippen LogP contribution is 2.20. The summed E-state index contributed by atoms with van der Waals surface area (Å²) in [7, 11) is 0. The van der Waals surface area contributed by atoms with Gasteiger partial charge in [0.1, 0.15) is 0 Å². The van der Waals surface area contributed by atoms with Crippen LogP contribution >= 0.6 is 11.3 Å². The van der Waals surface area contributed by atoms with Crippen molar-refractivity contribution in [1.29, 1.82) is 0 Å². The highest BCUT2D eigenvalue weighted by Gasteiger charge is 2.30. The highest BCUT2D eigenvalue weighted by molar-refractivity contribution is 7.17. The minimum absolute atomic E-state index is 0.176. The largest absolute Gasteiger partial charge is 0.379 e. The maximum absolute atomic E-state index is 12.0. The van der Waals surface area contributed by atoms with E-state index in [1.54, 1.807) is 0 Å². The molecular formula is C11H18N4O2S. The molecule has 1 aliphatic heterocycles. The highest BCUT2D eigenvalue weighted by atomic mass is 32.1. The van der Waals surface area contributed by atoms with Gasteiger partial charge in [-0.25, -0.2) is 0 Å². The van der Waals surface area contributed by atoms with Gasteiger partial charge in [-0.15, -0.1) is 10.2 Å². The van der Waals surface area contributed by atoms with Crippen LogP contribution in [0.4, 0.5) is 5.13 Å². The topological polar surface area (TPSA) is 76.1 Å². The Morgan fingerprint density at radius 1 is 1.56 bits per heavy atom. The van der Waals surface area contributed by atoms with Crippen molar-refractivity contribution in [2.45, 2.75) is 32.2 Å². The molecule has 18 heavy (non-hydrogen) atoms. The minimum Gasteiger partial charge on any atom is -0.379 e. The first kappa shape index (κ1) is 13.2. The van der Waals surface area contributed by atoms with E-state index >= 15 is 0 Å². The van der Waals surface area contributed by atoms with Crippen molar-refractivity contribution in [1.82, 2.24) is 15.5 Å². The molecule has 1 aromatic heterocycles. The lowest BCUT2D eigenvalue weighted by Crippen LogP contribution is -2.51. The Labute approximate surface area is 110 Å². The molecule has 1 saturated heterocycles. The Kier molecular flexibility index (Phi) is 4.13. The van der Waals surface area contributed by atoms with Gasteiger partial charge in [0, 0.05) is 13.2 Å². The van der Waals surface area contributed by atoms with Crippen molar-refractivity contribution in [2.24, 2.45) is 0 Å². The van der Waals surface area contributed by atoms with Gasteiger partial charge in [0.05, 0.1) is 12.1 Å². The molecule has 0 bridgehead atoms. The maximum atomic E-state index is 12.0. The number of nitrogens with zero attached hydrogens (tertiary/aromatic N) is 2. The number of hydrogen-bond donors (Lipinski definition) is 2. The first-order valence-electron chi connectivity index (χ1n) is 6.10. The van der Waals surface area contributed by atoms with Crippen LogP contribution in [0.2, 0.25) is 0 Å². The van der Waals surface area contributed by atoms with Crippen molar-refractivity contribution in [3.63, 3.8) is 0 Å². The molecule has 0 spiro atoms. The Balaban J connectivity index is 1.97. The van der Waals surface area contributed by atoms with Crippen LogP contribution in [-0.2, 0) is 4.74 Å². The predicted octanol–water partition coefficient (Wildman–Crippen LogP) is 1.27. The number of carbonyl (C=O) groups is 1. The van der Waals surface area contributed by atoms with Crippen LogP contribution in [0, 0.1) is 0 Å². The number of aromatic nitrogens is 2. The molecule has 2 heterocycles. The van der Waals surface area contributed by atoms with Crippen LogP contribution in [0.5, 0.6) is 0 Å². The quantitative estimate of drug-likeness (QED) is 0.861. The molecule has 1 fully saturated rings. The summed E-state index contributed by atoms with van der Waals surface area (Å²) in [6.07, 6.45) is 1.90. The van der Waals surface area contributed by atoms with Gasteiger partial charge in [-0.3, -0.25) is 4.79 Å². The Bertz CT molecular complexity index is 415. The lowest BCUT2D eigenvalue weighted by Gasteiger charge is -2.33. The SMILES string of the molecule is CCNc1nnc(C(=O)NC2(C)CCCOC2)s1. The first-order chi connectivity index (χ1) is 8.63. The molecule has 1 aromatic rings. The number of hydrogen-bond acceptors (Lipinski definition) is 6. The zero-order valence-electron chi connectivity index (χ0n) is 10.7. The number of ether oxygens (including phenoxy) is 1. The molecule has 0 radical (unpaired) electrons. The lowest BCUT2D eigenvalue weighted by molar-refractivity contribution is 0.0272. The van der Waals surface area contributed by atoms with Gasteiger partial charge >= 0.3 is 0 Å². The molecule has 1 atom stereocenters. The monoisotopic (exact) mass is 270 g/mol. The van der Waals surface area contributed by atoms with Crippen LogP contribution in [0.3, 0.4) is 0 Å². The van der Waals surface area contributed by atoms with Crippen molar-refractivity contribution in [3.05, 3.63) is 5.01 Å². The van der Waals surface area contributed by atoms with Gasteiger partial charge in [0.15, 0.2) is 0 Å². The third-order valence-corrected chi connectivity index (χ3v) is 3.68. The van der Waals surface area contributed by atoms with Gasteiger partial charge in [-0.1, -0.05) is 11.3 Å². The third-order valence-electron chi connectivity index (χ3n) is 2.80. The van der Waals surface area contributed by atoms with Gasteiger partial charge in [0.2, 0.25) is 10.1 Å². The molecule has 1 amide bonds. The summed E-state index contributed by atoms with van der Waals surface area (Å²) >= 11 is 1.27. The summed E-state index contributed by atoms with van der Waals surface area (Å²) in [5, 5.41) is 14.9. The smallest absolute Gasteiger partial charge is 0.282 e. The van der Waals surface area contributed by atoms with Crippen molar-refractivity contribution >= 4 is 22.4 Å². The zero-order chi connectivity index (χ0) is 13.0. The molecular weight excluding hydrogens is 252 g/mol. The van der Waals surface area contributed by atoms with Gasteiger partial charge in [-0.05, 0) is 26.7 Å². The van der Waals surface area contributed by atoms with Crippen LogP contribution in [0.15, 0.2) is 0 Å². The van der Waals surface area contributed by atoms with E-state index in [-0.39, 0.29) is 11.4 Å². The first-order valence-corrected chi connectivity index (χ1v) is 6.92. The minimum atomic E-state index is -0.292. The van der Waals surface area contributed by atoms with Crippen molar-refractivity contribution in [2.75, 3.05) is 25.1 Å².